The van der Waals surface area contributed by atoms with Gasteiger partial charge in [0.15, 0.2) is 0 Å². The van der Waals surface area contributed by atoms with Gasteiger partial charge < -0.3 is 10.6 Å². The van der Waals surface area contributed by atoms with Crippen LogP contribution in [-0.2, 0) is 0 Å². The number of aromatic nitrogens is 1. The number of nitriles is 1. The van der Waals surface area contributed by atoms with Crippen molar-refractivity contribution in [3.05, 3.63) is 23.4 Å². The fraction of sp³-hybridized carbons (Fsp3) is 0.571. The minimum absolute atomic E-state index is 0.369. The Balaban J connectivity index is 2.25. The normalized spacial score (nSPS) is 23.8. The lowest BCUT2D eigenvalue weighted by Crippen LogP contribution is -2.46. The highest BCUT2D eigenvalue weighted by Crippen LogP contribution is 2.26. The SMILES string of the molecule is Cc1nc(N2CCC(C)CC2CN)ccc1C#N. The summed E-state index contributed by atoms with van der Waals surface area (Å²) >= 11 is 0. The first-order valence-electron chi connectivity index (χ1n) is 6.50. The van der Waals surface area contributed by atoms with Crippen LogP contribution in [0, 0.1) is 24.2 Å². The lowest BCUT2D eigenvalue weighted by atomic mass is 9.92. The maximum absolute atomic E-state index is 8.93. The fourth-order valence-corrected chi connectivity index (χ4v) is 2.60. The van der Waals surface area contributed by atoms with Gasteiger partial charge in [0.1, 0.15) is 11.9 Å². The van der Waals surface area contributed by atoms with Crippen LogP contribution in [0.25, 0.3) is 0 Å². The quantitative estimate of drug-likeness (QED) is 0.862. The Kier molecular flexibility index (Phi) is 3.83. The lowest BCUT2D eigenvalue weighted by Gasteiger charge is -2.39. The van der Waals surface area contributed by atoms with Gasteiger partial charge in [-0.05, 0) is 37.8 Å². The predicted molar refractivity (Wildman–Crippen MR) is 72.3 cm³/mol. The van der Waals surface area contributed by atoms with Gasteiger partial charge in [0.05, 0.1) is 11.3 Å². The number of aryl methyl sites for hydroxylation is 1. The van der Waals surface area contributed by atoms with Gasteiger partial charge in [0, 0.05) is 19.1 Å². The molecule has 2 unspecified atom stereocenters. The van der Waals surface area contributed by atoms with Crippen molar-refractivity contribution in [2.24, 2.45) is 11.7 Å². The van der Waals surface area contributed by atoms with E-state index in [0.717, 1.165) is 30.4 Å². The number of piperidine rings is 1. The van der Waals surface area contributed by atoms with E-state index in [-0.39, 0.29) is 0 Å². The Morgan fingerprint density at radius 2 is 2.33 bits per heavy atom. The van der Waals surface area contributed by atoms with Gasteiger partial charge in [-0.15, -0.1) is 0 Å². The molecule has 0 amide bonds. The van der Waals surface area contributed by atoms with Crippen molar-refractivity contribution in [3.63, 3.8) is 0 Å². The highest BCUT2D eigenvalue weighted by Gasteiger charge is 2.26. The van der Waals surface area contributed by atoms with E-state index in [2.05, 4.69) is 22.9 Å². The topological polar surface area (TPSA) is 65.9 Å². The summed E-state index contributed by atoms with van der Waals surface area (Å²) in [6.45, 7) is 5.82. The van der Waals surface area contributed by atoms with Crippen molar-refractivity contribution in [2.75, 3.05) is 18.0 Å². The van der Waals surface area contributed by atoms with Gasteiger partial charge in [0.25, 0.3) is 0 Å². The van der Waals surface area contributed by atoms with Crippen LogP contribution in [0.15, 0.2) is 12.1 Å². The smallest absolute Gasteiger partial charge is 0.129 e. The van der Waals surface area contributed by atoms with Gasteiger partial charge in [-0.3, -0.25) is 0 Å². The molecule has 1 saturated heterocycles. The largest absolute Gasteiger partial charge is 0.352 e. The van der Waals surface area contributed by atoms with E-state index in [4.69, 9.17) is 11.0 Å². The number of anilines is 1. The molecule has 1 aliphatic rings. The third-order valence-corrected chi connectivity index (χ3v) is 3.74. The maximum Gasteiger partial charge on any atom is 0.129 e. The zero-order valence-electron chi connectivity index (χ0n) is 11.1. The molecule has 96 valence electrons. The Morgan fingerprint density at radius 3 is 2.94 bits per heavy atom. The average Bonchev–Trinajstić information content (AvgIpc) is 2.38. The van der Waals surface area contributed by atoms with Crippen molar-refractivity contribution in [1.29, 1.82) is 5.26 Å². The summed E-state index contributed by atoms with van der Waals surface area (Å²) in [7, 11) is 0. The third kappa shape index (κ3) is 2.46. The van der Waals surface area contributed by atoms with E-state index in [1.54, 1.807) is 0 Å². The molecule has 2 heterocycles. The predicted octanol–water partition coefficient (Wildman–Crippen LogP) is 1.83. The average molecular weight is 244 g/mol. The Hall–Kier alpha value is -1.60. The van der Waals surface area contributed by atoms with E-state index >= 15 is 0 Å². The molecule has 18 heavy (non-hydrogen) atoms. The summed E-state index contributed by atoms with van der Waals surface area (Å²) in [4.78, 5) is 6.82. The van der Waals surface area contributed by atoms with Crippen LogP contribution in [0.3, 0.4) is 0 Å². The fourth-order valence-electron chi connectivity index (χ4n) is 2.60. The standard InChI is InChI=1S/C14H20N4/c1-10-5-6-18(13(7-10)9-16)14-4-3-12(8-15)11(2)17-14/h3-4,10,13H,5-7,9,16H2,1-2H3. The van der Waals surface area contributed by atoms with E-state index in [1.165, 1.54) is 6.42 Å². The number of nitrogens with two attached hydrogens (primary N) is 1. The lowest BCUT2D eigenvalue weighted by molar-refractivity contribution is 0.365. The van der Waals surface area contributed by atoms with Crippen LogP contribution in [0.5, 0.6) is 0 Å². The molecule has 2 N–H and O–H groups in total. The Labute approximate surface area is 108 Å². The van der Waals surface area contributed by atoms with E-state index in [0.29, 0.717) is 18.2 Å². The van der Waals surface area contributed by atoms with Gasteiger partial charge >= 0.3 is 0 Å². The van der Waals surface area contributed by atoms with Crippen LogP contribution >= 0.6 is 0 Å². The second-order valence-corrected chi connectivity index (χ2v) is 5.13. The molecule has 1 aromatic heterocycles. The first-order valence-corrected chi connectivity index (χ1v) is 6.50. The number of rotatable bonds is 2. The summed E-state index contributed by atoms with van der Waals surface area (Å²) in [6.07, 6.45) is 2.30. The van der Waals surface area contributed by atoms with E-state index in [9.17, 15) is 0 Å². The molecule has 4 heteroatoms. The molecule has 2 atom stereocenters. The third-order valence-electron chi connectivity index (χ3n) is 3.74. The van der Waals surface area contributed by atoms with E-state index in [1.807, 2.05) is 19.1 Å². The molecule has 4 nitrogen and oxygen atoms in total. The van der Waals surface area contributed by atoms with Crippen molar-refractivity contribution < 1.29 is 0 Å². The second kappa shape index (κ2) is 5.36. The van der Waals surface area contributed by atoms with Crippen LogP contribution < -0.4 is 10.6 Å². The zero-order valence-corrected chi connectivity index (χ0v) is 11.1. The number of hydrogen-bond donors (Lipinski definition) is 1. The molecule has 0 aromatic carbocycles. The Morgan fingerprint density at radius 1 is 1.56 bits per heavy atom. The molecule has 0 bridgehead atoms. The molecular weight excluding hydrogens is 224 g/mol. The first kappa shape index (κ1) is 12.8. The maximum atomic E-state index is 8.93. The molecule has 0 radical (unpaired) electrons. The molecule has 1 aliphatic heterocycles. The van der Waals surface area contributed by atoms with Gasteiger partial charge in [0.2, 0.25) is 0 Å². The highest BCUT2D eigenvalue weighted by atomic mass is 15.2. The molecule has 2 rings (SSSR count). The van der Waals surface area contributed by atoms with Crippen molar-refractivity contribution in [2.45, 2.75) is 32.7 Å². The summed E-state index contributed by atoms with van der Waals surface area (Å²) in [6, 6.07) is 6.31. The summed E-state index contributed by atoms with van der Waals surface area (Å²) < 4.78 is 0. The summed E-state index contributed by atoms with van der Waals surface area (Å²) in [5.41, 5.74) is 7.31. The summed E-state index contributed by atoms with van der Waals surface area (Å²) in [5.74, 6) is 1.68. The number of pyridine rings is 1. The summed E-state index contributed by atoms with van der Waals surface area (Å²) in [5, 5.41) is 8.93. The van der Waals surface area contributed by atoms with Crippen molar-refractivity contribution in [3.8, 4) is 6.07 Å². The first-order chi connectivity index (χ1) is 8.65. The molecule has 1 fully saturated rings. The van der Waals surface area contributed by atoms with Crippen LogP contribution in [0.4, 0.5) is 5.82 Å². The second-order valence-electron chi connectivity index (χ2n) is 5.13. The molecule has 0 spiro atoms. The molecule has 0 saturated carbocycles. The highest BCUT2D eigenvalue weighted by molar-refractivity contribution is 5.46. The Bertz CT molecular complexity index is 463. The van der Waals surface area contributed by atoms with Crippen molar-refractivity contribution in [1.82, 2.24) is 4.98 Å². The van der Waals surface area contributed by atoms with Crippen LogP contribution in [0.1, 0.15) is 31.0 Å². The minimum Gasteiger partial charge on any atom is -0.352 e. The van der Waals surface area contributed by atoms with Crippen LogP contribution in [-0.4, -0.2) is 24.1 Å². The monoisotopic (exact) mass is 244 g/mol. The molecule has 0 aliphatic carbocycles. The van der Waals surface area contributed by atoms with Gasteiger partial charge in [-0.2, -0.15) is 5.26 Å². The number of nitrogens with zero attached hydrogens (tertiary/aromatic N) is 3. The number of hydrogen-bond acceptors (Lipinski definition) is 4. The minimum atomic E-state index is 0.369. The van der Waals surface area contributed by atoms with Gasteiger partial charge in [-0.1, -0.05) is 6.92 Å². The molecule has 1 aromatic rings. The van der Waals surface area contributed by atoms with Crippen LogP contribution in [0.2, 0.25) is 0 Å². The van der Waals surface area contributed by atoms with E-state index < -0.39 is 0 Å². The van der Waals surface area contributed by atoms with Gasteiger partial charge in [-0.25, -0.2) is 4.98 Å². The van der Waals surface area contributed by atoms with Crippen molar-refractivity contribution >= 4 is 5.82 Å². The zero-order chi connectivity index (χ0) is 13.1. The molecular formula is C14H20N4.